The second kappa shape index (κ2) is 7.86. The van der Waals surface area contributed by atoms with Gasteiger partial charge in [-0.05, 0) is 17.5 Å². The largest absolute Gasteiger partial charge is 0.349 e. The Morgan fingerprint density at radius 1 is 0.842 bits per heavy atom. The number of carbonyl (C=O) groups is 1. The predicted molar refractivity (Wildman–Crippen MR) is 75.5 cm³/mol. The fraction of sp³-hybridized carbons (Fsp3) is 0.0714. The third kappa shape index (κ3) is 6.21. The number of nitrogens with zero attached hydrogens (tertiary/aromatic N) is 1. The zero-order valence-electron chi connectivity index (χ0n) is 10.6. The van der Waals surface area contributed by atoms with Crippen molar-refractivity contribution in [2.75, 3.05) is 0 Å². The van der Waals surface area contributed by atoms with Gasteiger partial charge in [0.05, 0.1) is 0 Å². The summed E-state index contributed by atoms with van der Waals surface area (Å²) >= 11 is 0. The molecule has 2 amide bonds. The van der Waals surface area contributed by atoms with Crippen molar-refractivity contribution in [1.29, 1.82) is 0 Å². The van der Waals surface area contributed by atoms with E-state index in [1.54, 1.807) is 0 Å². The molecule has 19 heavy (non-hydrogen) atoms. The molecule has 2 rings (SSSR count). The van der Waals surface area contributed by atoms with Gasteiger partial charge >= 0.3 is 6.03 Å². The molecule has 0 heterocycles. The maximum absolute atomic E-state index is 9.60. The van der Waals surface area contributed by atoms with Crippen LogP contribution < -0.4 is 17.4 Å². The van der Waals surface area contributed by atoms with Gasteiger partial charge in [-0.15, -0.1) is 0 Å². The normalized spacial score (nSPS) is 9.16. The van der Waals surface area contributed by atoms with Crippen molar-refractivity contribution in [2.24, 2.45) is 17.4 Å². The molecule has 0 aromatic heterocycles. The van der Waals surface area contributed by atoms with Crippen molar-refractivity contribution in [2.45, 2.75) is 6.42 Å². The molecule has 0 bridgehead atoms. The summed E-state index contributed by atoms with van der Waals surface area (Å²) in [6.45, 7) is 0. The Balaban J connectivity index is 0.000000258. The van der Waals surface area contributed by atoms with Crippen LogP contribution in [-0.4, -0.2) is 11.1 Å². The van der Waals surface area contributed by atoms with Crippen LogP contribution in [0.3, 0.4) is 0 Å². The van der Waals surface area contributed by atoms with E-state index in [9.17, 15) is 4.79 Å². The summed E-state index contributed by atoms with van der Waals surface area (Å²) in [5, 5.41) is 0.306. The highest BCUT2D eigenvalue weighted by Crippen LogP contribution is 2.07. The van der Waals surface area contributed by atoms with Crippen LogP contribution in [0.2, 0.25) is 0 Å². The van der Waals surface area contributed by atoms with Gasteiger partial charge in [-0.3, -0.25) is 0 Å². The van der Waals surface area contributed by atoms with E-state index >= 15 is 0 Å². The molecule has 5 nitrogen and oxygen atoms in total. The predicted octanol–water partition coefficient (Wildman–Crippen LogP) is 1.39. The molecule has 100 valence electrons. The molecule has 0 unspecified atom stereocenters. The molecule has 5 heteroatoms. The average Bonchev–Trinajstić information content (AvgIpc) is 2.41. The minimum absolute atomic E-state index is 0.306. The highest BCUT2D eigenvalue weighted by molar-refractivity contribution is 5.70. The van der Waals surface area contributed by atoms with E-state index in [1.807, 2.05) is 0 Å². The van der Waals surface area contributed by atoms with Gasteiger partial charge in [-0.1, -0.05) is 60.7 Å². The van der Waals surface area contributed by atoms with E-state index in [-0.39, 0.29) is 0 Å². The maximum Gasteiger partial charge on any atom is 0.343 e. The standard InChI is InChI=1S/C13H12.CH6N4O/c1-3-7-12(8-4-1)11-13-9-5-2-6-10-13;2-1(6)5(3)4/h1-10H,11H2;3-4H2,(H2,2,6). The molecule has 0 aliphatic heterocycles. The third-order valence-corrected chi connectivity index (χ3v) is 2.35. The summed E-state index contributed by atoms with van der Waals surface area (Å²) in [4.78, 5) is 9.60. The lowest BCUT2D eigenvalue weighted by Crippen LogP contribution is -2.46. The van der Waals surface area contributed by atoms with Crippen molar-refractivity contribution in [3.05, 3.63) is 71.8 Å². The molecule has 0 aliphatic rings. The number of rotatable bonds is 2. The van der Waals surface area contributed by atoms with Gasteiger partial charge in [0.2, 0.25) is 0 Å². The second-order valence-electron chi connectivity index (χ2n) is 3.89. The molecule has 2 aromatic rings. The molecule has 0 saturated heterocycles. The zero-order valence-corrected chi connectivity index (χ0v) is 10.6. The summed E-state index contributed by atoms with van der Waals surface area (Å²) < 4.78 is 0. The van der Waals surface area contributed by atoms with E-state index in [2.05, 4.69) is 78.1 Å². The second-order valence-corrected chi connectivity index (χ2v) is 3.89. The highest BCUT2D eigenvalue weighted by atomic mass is 16.2. The fourth-order valence-corrected chi connectivity index (χ4v) is 1.43. The highest BCUT2D eigenvalue weighted by Gasteiger charge is 1.92. The summed E-state index contributed by atoms with van der Waals surface area (Å²) in [6, 6.07) is 20.2. The van der Waals surface area contributed by atoms with Crippen LogP contribution in [0.15, 0.2) is 60.7 Å². The van der Waals surface area contributed by atoms with Gasteiger partial charge in [0.1, 0.15) is 0 Å². The van der Waals surface area contributed by atoms with Crippen LogP contribution in [-0.2, 0) is 6.42 Å². The van der Waals surface area contributed by atoms with Crippen LogP contribution in [0, 0.1) is 0 Å². The number of benzene rings is 2. The SMILES string of the molecule is NC(=O)N(N)N.c1ccc(Cc2ccccc2)cc1. The van der Waals surface area contributed by atoms with E-state index in [4.69, 9.17) is 0 Å². The number of primary amides is 1. The molecule has 0 saturated carbocycles. The van der Waals surface area contributed by atoms with Crippen molar-refractivity contribution in [3.63, 3.8) is 0 Å². The van der Waals surface area contributed by atoms with Crippen LogP contribution >= 0.6 is 0 Å². The van der Waals surface area contributed by atoms with E-state index in [1.165, 1.54) is 11.1 Å². The summed E-state index contributed by atoms with van der Waals surface area (Å²) in [7, 11) is 0. The molecule has 0 fully saturated rings. The molecule has 2 aromatic carbocycles. The fourth-order valence-electron chi connectivity index (χ4n) is 1.43. The molecular weight excluding hydrogens is 240 g/mol. The zero-order chi connectivity index (χ0) is 14.1. The van der Waals surface area contributed by atoms with Gasteiger partial charge in [0.15, 0.2) is 0 Å². The van der Waals surface area contributed by atoms with E-state index in [0.29, 0.717) is 5.12 Å². The Morgan fingerprint density at radius 2 is 1.16 bits per heavy atom. The van der Waals surface area contributed by atoms with Crippen molar-refractivity contribution in [3.8, 4) is 0 Å². The van der Waals surface area contributed by atoms with Gasteiger partial charge < -0.3 is 5.73 Å². The first-order valence-electron chi connectivity index (χ1n) is 5.76. The minimum atomic E-state index is -0.852. The number of carbonyl (C=O) groups excluding carboxylic acids is 1. The molecule has 6 N–H and O–H groups in total. The summed E-state index contributed by atoms with van der Waals surface area (Å²) in [6.07, 6.45) is 1.03. The first kappa shape index (κ1) is 14.7. The molecule has 0 atom stereocenters. The Bertz CT molecular complexity index is 448. The molecular formula is C14H18N4O. The Labute approximate surface area is 112 Å². The number of urea groups is 1. The maximum atomic E-state index is 9.60. The first-order valence-corrected chi connectivity index (χ1v) is 5.76. The Hall–Kier alpha value is -2.37. The minimum Gasteiger partial charge on any atom is -0.349 e. The first-order chi connectivity index (χ1) is 9.09. The van der Waals surface area contributed by atoms with Gasteiger partial charge in [-0.25, -0.2) is 16.5 Å². The lowest BCUT2D eigenvalue weighted by atomic mass is 10.1. The average molecular weight is 258 g/mol. The monoisotopic (exact) mass is 258 g/mol. The third-order valence-electron chi connectivity index (χ3n) is 2.35. The van der Waals surface area contributed by atoms with E-state index in [0.717, 1.165) is 6.42 Å². The summed E-state index contributed by atoms with van der Waals surface area (Å²) in [5.74, 6) is 9.14. The van der Waals surface area contributed by atoms with Crippen LogP contribution in [0.25, 0.3) is 0 Å². The van der Waals surface area contributed by atoms with E-state index < -0.39 is 6.03 Å². The quantitative estimate of drug-likeness (QED) is 0.431. The number of hydrogen-bond acceptors (Lipinski definition) is 3. The Kier molecular flexibility index (Phi) is 6.08. The van der Waals surface area contributed by atoms with Gasteiger partial charge in [0.25, 0.3) is 0 Å². The lowest BCUT2D eigenvalue weighted by Gasteiger charge is -2.00. The van der Waals surface area contributed by atoms with Crippen molar-refractivity contribution in [1.82, 2.24) is 5.12 Å². The smallest absolute Gasteiger partial charge is 0.343 e. The molecule has 0 spiro atoms. The topological polar surface area (TPSA) is 98.4 Å². The lowest BCUT2D eigenvalue weighted by molar-refractivity contribution is 0.210. The number of hydrazine groups is 2. The number of nitrogens with two attached hydrogens (primary N) is 3. The molecule has 0 radical (unpaired) electrons. The van der Waals surface area contributed by atoms with Crippen LogP contribution in [0.4, 0.5) is 4.79 Å². The Morgan fingerprint density at radius 3 is 1.42 bits per heavy atom. The number of hydrogen-bond donors (Lipinski definition) is 3. The number of amides is 2. The van der Waals surface area contributed by atoms with Crippen molar-refractivity contribution >= 4 is 6.03 Å². The van der Waals surface area contributed by atoms with Crippen molar-refractivity contribution < 1.29 is 4.79 Å². The van der Waals surface area contributed by atoms with Crippen LogP contribution in [0.5, 0.6) is 0 Å². The summed E-state index contributed by atoms with van der Waals surface area (Å²) in [5.41, 5.74) is 7.21. The van der Waals surface area contributed by atoms with Gasteiger partial charge in [0, 0.05) is 0 Å². The van der Waals surface area contributed by atoms with Crippen LogP contribution in [0.1, 0.15) is 11.1 Å². The van der Waals surface area contributed by atoms with Gasteiger partial charge in [-0.2, -0.15) is 5.12 Å². The molecule has 0 aliphatic carbocycles.